The lowest BCUT2D eigenvalue weighted by molar-refractivity contribution is -0.117. The topological polar surface area (TPSA) is 76.0 Å². The molecule has 0 spiro atoms. The van der Waals surface area contributed by atoms with Crippen LogP contribution in [0.5, 0.6) is 0 Å². The standard InChI is InChI=1S/C25H26N4O2/c1-18-7-9-19(10-8-18)22-5-2-3-6-23(22)25(31)28-21-13-11-20(12-14-21)27-24(30)17-29-16-4-15-26-29/h4,7-16H,2-3,5-6,17H2,1H3,(H,27,30)(H,28,31). The third-order valence-electron chi connectivity index (χ3n) is 5.43. The first-order valence-corrected chi connectivity index (χ1v) is 10.6. The molecule has 6 nitrogen and oxygen atoms in total. The summed E-state index contributed by atoms with van der Waals surface area (Å²) >= 11 is 0. The average molecular weight is 415 g/mol. The van der Waals surface area contributed by atoms with E-state index >= 15 is 0 Å². The molecular weight excluding hydrogens is 388 g/mol. The molecule has 31 heavy (non-hydrogen) atoms. The van der Waals surface area contributed by atoms with Gasteiger partial charge in [0.15, 0.2) is 0 Å². The van der Waals surface area contributed by atoms with E-state index in [4.69, 9.17) is 0 Å². The molecule has 1 aliphatic carbocycles. The third kappa shape index (κ3) is 5.28. The van der Waals surface area contributed by atoms with Crippen LogP contribution in [-0.2, 0) is 16.1 Å². The Hall–Kier alpha value is -3.67. The van der Waals surface area contributed by atoms with E-state index in [1.54, 1.807) is 47.4 Å². The maximum absolute atomic E-state index is 13.0. The molecule has 1 aliphatic rings. The molecule has 0 unspecified atom stereocenters. The zero-order valence-electron chi connectivity index (χ0n) is 17.6. The minimum atomic E-state index is -0.157. The number of aromatic nitrogens is 2. The molecule has 2 aromatic carbocycles. The number of carbonyl (C=O) groups is 2. The molecule has 0 fully saturated rings. The van der Waals surface area contributed by atoms with Gasteiger partial charge in [-0.1, -0.05) is 29.8 Å². The van der Waals surface area contributed by atoms with Gasteiger partial charge in [-0.25, -0.2) is 0 Å². The number of benzene rings is 2. The molecule has 2 amide bonds. The summed E-state index contributed by atoms with van der Waals surface area (Å²) in [6, 6.07) is 17.3. The summed E-state index contributed by atoms with van der Waals surface area (Å²) in [4.78, 5) is 25.1. The van der Waals surface area contributed by atoms with Crippen molar-refractivity contribution in [1.29, 1.82) is 0 Å². The van der Waals surface area contributed by atoms with Gasteiger partial charge in [0.05, 0.1) is 0 Å². The van der Waals surface area contributed by atoms with Crippen LogP contribution in [0.25, 0.3) is 5.57 Å². The Labute approximate surface area is 182 Å². The number of carbonyl (C=O) groups excluding carboxylic acids is 2. The molecule has 158 valence electrons. The first kappa shape index (κ1) is 20.6. The molecule has 0 aliphatic heterocycles. The molecule has 1 aromatic heterocycles. The largest absolute Gasteiger partial charge is 0.324 e. The zero-order valence-corrected chi connectivity index (χ0v) is 17.6. The highest BCUT2D eigenvalue weighted by molar-refractivity contribution is 6.09. The fourth-order valence-corrected chi connectivity index (χ4v) is 3.81. The highest BCUT2D eigenvalue weighted by Gasteiger charge is 2.20. The molecule has 0 saturated heterocycles. The van der Waals surface area contributed by atoms with Gasteiger partial charge < -0.3 is 10.6 Å². The second kappa shape index (κ2) is 9.43. The number of nitrogens with zero attached hydrogens (tertiary/aromatic N) is 2. The number of aryl methyl sites for hydroxylation is 1. The normalized spacial score (nSPS) is 13.7. The van der Waals surface area contributed by atoms with Crippen LogP contribution in [-0.4, -0.2) is 21.6 Å². The van der Waals surface area contributed by atoms with E-state index in [1.807, 2.05) is 0 Å². The lowest BCUT2D eigenvalue weighted by Gasteiger charge is -2.20. The van der Waals surface area contributed by atoms with Crippen molar-refractivity contribution in [3.63, 3.8) is 0 Å². The summed E-state index contributed by atoms with van der Waals surface area (Å²) in [5, 5.41) is 9.88. The Morgan fingerprint density at radius 1 is 0.935 bits per heavy atom. The van der Waals surface area contributed by atoms with Crippen LogP contribution >= 0.6 is 0 Å². The lowest BCUT2D eigenvalue weighted by atomic mass is 9.86. The maximum atomic E-state index is 13.0. The van der Waals surface area contributed by atoms with E-state index in [0.717, 1.165) is 42.4 Å². The SMILES string of the molecule is Cc1ccc(C2=C(C(=O)Nc3ccc(NC(=O)Cn4cccn4)cc3)CCCC2)cc1. The predicted molar refractivity (Wildman–Crippen MR) is 122 cm³/mol. The van der Waals surface area contributed by atoms with E-state index in [0.29, 0.717) is 11.4 Å². The summed E-state index contributed by atoms with van der Waals surface area (Å²) in [6.45, 7) is 2.22. The summed E-state index contributed by atoms with van der Waals surface area (Å²) in [7, 11) is 0. The van der Waals surface area contributed by atoms with Crippen molar-refractivity contribution in [2.75, 3.05) is 10.6 Å². The van der Waals surface area contributed by atoms with Crippen molar-refractivity contribution in [2.24, 2.45) is 0 Å². The van der Waals surface area contributed by atoms with Crippen molar-refractivity contribution >= 4 is 28.8 Å². The molecule has 6 heteroatoms. The van der Waals surface area contributed by atoms with Crippen LogP contribution in [0, 0.1) is 6.92 Å². The Morgan fingerprint density at radius 2 is 1.61 bits per heavy atom. The van der Waals surface area contributed by atoms with Gasteiger partial charge in [-0.2, -0.15) is 5.10 Å². The molecule has 0 atom stereocenters. The third-order valence-corrected chi connectivity index (χ3v) is 5.43. The molecule has 0 radical (unpaired) electrons. The van der Waals surface area contributed by atoms with Gasteiger partial charge in [0.2, 0.25) is 5.91 Å². The number of hydrogen-bond donors (Lipinski definition) is 2. The summed E-state index contributed by atoms with van der Waals surface area (Å²) in [5.41, 5.74) is 5.73. The van der Waals surface area contributed by atoms with Gasteiger partial charge in [-0.3, -0.25) is 14.3 Å². The summed E-state index contributed by atoms with van der Waals surface area (Å²) in [5.74, 6) is -0.207. The van der Waals surface area contributed by atoms with Crippen molar-refractivity contribution < 1.29 is 9.59 Å². The first-order chi connectivity index (χ1) is 15.1. The minimum absolute atomic E-state index is 0.0502. The number of nitrogens with one attached hydrogen (secondary N) is 2. The number of rotatable bonds is 6. The highest BCUT2D eigenvalue weighted by atomic mass is 16.2. The van der Waals surface area contributed by atoms with Crippen molar-refractivity contribution in [3.8, 4) is 0 Å². The number of amides is 2. The van der Waals surface area contributed by atoms with Gasteiger partial charge >= 0.3 is 0 Å². The van der Waals surface area contributed by atoms with Crippen LogP contribution in [0.4, 0.5) is 11.4 Å². The van der Waals surface area contributed by atoms with Crippen molar-refractivity contribution in [3.05, 3.63) is 83.7 Å². The number of anilines is 2. The Balaban J connectivity index is 1.42. The fourth-order valence-electron chi connectivity index (χ4n) is 3.81. The Morgan fingerprint density at radius 3 is 2.29 bits per heavy atom. The van der Waals surface area contributed by atoms with Gasteiger partial charge in [0, 0.05) is 29.3 Å². The van der Waals surface area contributed by atoms with E-state index in [1.165, 1.54) is 5.56 Å². The van der Waals surface area contributed by atoms with Gasteiger partial charge in [0.1, 0.15) is 6.54 Å². The van der Waals surface area contributed by atoms with E-state index in [9.17, 15) is 9.59 Å². The fraction of sp³-hybridized carbons (Fsp3) is 0.240. The molecule has 0 saturated carbocycles. The van der Waals surface area contributed by atoms with E-state index in [-0.39, 0.29) is 18.4 Å². The number of allylic oxidation sites excluding steroid dienone is 1. The Kier molecular flexibility index (Phi) is 6.26. The molecular formula is C25H26N4O2. The second-order valence-electron chi connectivity index (χ2n) is 7.81. The van der Waals surface area contributed by atoms with Crippen LogP contribution in [0.15, 0.2) is 72.6 Å². The molecule has 0 bridgehead atoms. The molecule has 4 rings (SSSR count). The average Bonchev–Trinajstić information content (AvgIpc) is 3.28. The van der Waals surface area contributed by atoms with Crippen molar-refractivity contribution in [2.45, 2.75) is 39.2 Å². The van der Waals surface area contributed by atoms with Crippen LogP contribution in [0.1, 0.15) is 36.8 Å². The van der Waals surface area contributed by atoms with E-state index < -0.39 is 0 Å². The second-order valence-corrected chi connectivity index (χ2v) is 7.81. The van der Waals surface area contributed by atoms with Crippen molar-refractivity contribution in [1.82, 2.24) is 9.78 Å². The number of hydrogen-bond acceptors (Lipinski definition) is 3. The molecule has 3 aromatic rings. The van der Waals surface area contributed by atoms with Gasteiger partial charge in [0.25, 0.3) is 5.91 Å². The smallest absolute Gasteiger partial charge is 0.251 e. The minimum Gasteiger partial charge on any atom is -0.324 e. The molecule has 2 N–H and O–H groups in total. The Bertz CT molecular complexity index is 1080. The first-order valence-electron chi connectivity index (χ1n) is 10.6. The lowest BCUT2D eigenvalue weighted by Crippen LogP contribution is -2.19. The zero-order chi connectivity index (χ0) is 21.6. The van der Waals surface area contributed by atoms with Crippen LogP contribution in [0.2, 0.25) is 0 Å². The quantitative estimate of drug-likeness (QED) is 0.608. The maximum Gasteiger partial charge on any atom is 0.251 e. The van der Waals surface area contributed by atoms with Crippen LogP contribution in [0.3, 0.4) is 0 Å². The van der Waals surface area contributed by atoms with Gasteiger partial charge in [-0.05, 0) is 74.1 Å². The summed E-state index contributed by atoms with van der Waals surface area (Å²) < 4.78 is 1.56. The summed E-state index contributed by atoms with van der Waals surface area (Å²) in [6.07, 6.45) is 7.22. The highest BCUT2D eigenvalue weighted by Crippen LogP contribution is 2.33. The van der Waals surface area contributed by atoms with Crippen LogP contribution < -0.4 is 10.6 Å². The van der Waals surface area contributed by atoms with Gasteiger partial charge in [-0.15, -0.1) is 0 Å². The monoisotopic (exact) mass is 414 g/mol. The predicted octanol–water partition coefficient (Wildman–Crippen LogP) is 4.80. The van der Waals surface area contributed by atoms with E-state index in [2.05, 4.69) is 46.9 Å². The molecule has 1 heterocycles.